The normalized spacial score (nSPS) is 27.6. The zero-order chi connectivity index (χ0) is 20.9. The molecule has 1 aromatic carbocycles. The summed E-state index contributed by atoms with van der Waals surface area (Å²) in [6.45, 7) is 8.64. The largest absolute Gasteiger partial charge is 0.448 e. The fourth-order valence-corrected chi connectivity index (χ4v) is 4.81. The zero-order valence-electron chi connectivity index (χ0n) is 18.1. The van der Waals surface area contributed by atoms with Crippen molar-refractivity contribution in [3.05, 3.63) is 23.3 Å². The molecule has 2 heterocycles. The van der Waals surface area contributed by atoms with E-state index in [-0.39, 0.29) is 24.0 Å². The summed E-state index contributed by atoms with van der Waals surface area (Å²) in [5, 5.41) is 2.93. The van der Waals surface area contributed by atoms with Crippen LogP contribution in [0.1, 0.15) is 70.9 Å². The van der Waals surface area contributed by atoms with E-state index in [1.54, 1.807) is 0 Å². The van der Waals surface area contributed by atoms with E-state index in [0.29, 0.717) is 6.54 Å². The average Bonchev–Trinajstić information content (AvgIpc) is 3.03. The van der Waals surface area contributed by atoms with Gasteiger partial charge in [-0.05, 0) is 29.9 Å². The number of hydrogen-bond acceptors (Lipinski definition) is 5. The molecule has 0 aromatic heterocycles. The third kappa shape index (κ3) is 3.61. The van der Waals surface area contributed by atoms with Gasteiger partial charge in [-0.3, -0.25) is 4.79 Å². The first-order valence-corrected chi connectivity index (χ1v) is 10.8. The van der Waals surface area contributed by atoms with Crippen LogP contribution in [0.15, 0.2) is 12.1 Å². The van der Waals surface area contributed by atoms with Gasteiger partial charge in [0.2, 0.25) is 5.91 Å². The number of carbonyl (C=O) groups excluding carboxylic acids is 1. The van der Waals surface area contributed by atoms with Crippen LogP contribution in [-0.2, 0) is 21.6 Å². The molecule has 1 aromatic rings. The summed E-state index contributed by atoms with van der Waals surface area (Å²) in [4.78, 5) is 11.7. The highest BCUT2D eigenvalue weighted by Gasteiger charge is 2.49. The van der Waals surface area contributed by atoms with E-state index in [4.69, 9.17) is 19.9 Å². The number of rotatable bonds is 3. The fraction of sp³-hybridized carbons (Fsp3) is 0.696. The van der Waals surface area contributed by atoms with Gasteiger partial charge in [0.15, 0.2) is 11.5 Å². The van der Waals surface area contributed by atoms with Crippen LogP contribution in [0.25, 0.3) is 0 Å². The van der Waals surface area contributed by atoms with Crippen molar-refractivity contribution in [1.29, 1.82) is 0 Å². The Kier molecular flexibility index (Phi) is 5.06. The molecule has 0 saturated heterocycles. The maximum Gasteiger partial charge on any atom is 0.251 e. The Labute approximate surface area is 173 Å². The second kappa shape index (κ2) is 7.17. The van der Waals surface area contributed by atoms with Crippen LogP contribution >= 0.6 is 0 Å². The van der Waals surface area contributed by atoms with Crippen LogP contribution in [0, 0.1) is 5.41 Å². The number of carbonyl (C=O) groups is 1. The maximum atomic E-state index is 11.7. The zero-order valence-corrected chi connectivity index (χ0v) is 18.1. The second-order valence-corrected chi connectivity index (χ2v) is 9.88. The fourth-order valence-electron chi connectivity index (χ4n) is 4.81. The third-order valence-electron chi connectivity index (χ3n) is 6.59. The van der Waals surface area contributed by atoms with Crippen LogP contribution in [0.2, 0.25) is 0 Å². The van der Waals surface area contributed by atoms with Crippen molar-refractivity contribution in [2.24, 2.45) is 11.1 Å². The second-order valence-electron chi connectivity index (χ2n) is 9.88. The molecular weight excluding hydrogens is 368 g/mol. The number of ether oxygens (including phenoxy) is 3. The number of benzene rings is 1. The van der Waals surface area contributed by atoms with Crippen molar-refractivity contribution >= 4 is 5.91 Å². The first-order valence-electron chi connectivity index (χ1n) is 10.8. The molecule has 1 amide bonds. The van der Waals surface area contributed by atoms with Gasteiger partial charge in [-0.25, -0.2) is 0 Å². The number of nitrogens with one attached hydrogen (secondary N) is 1. The first kappa shape index (κ1) is 20.5. The topological polar surface area (TPSA) is 82.8 Å². The smallest absolute Gasteiger partial charge is 0.251 e. The van der Waals surface area contributed by atoms with Gasteiger partial charge in [0.05, 0.1) is 12.6 Å². The Morgan fingerprint density at radius 1 is 1.21 bits per heavy atom. The van der Waals surface area contributed by atoms with E-state index < -0.39 is 11.4 Å². The molecule has 1 saturated carbocycles. The minimum absolute atomic E-state index is 0.0506. The van der Waals surface area contributed by atoms with Crippen LogP contribution < -0.4 is 20.5 Å². The third-order valence-corrected chi connectivity index (χ3v) is 6.59. The summed E-state index contributed by atoms with van der Waals surface area (Å²) in [6, 6.07) is 4.03. The van der Waals surface area contributed by atoms with E-state index >= 15 is 0 Å². The monoisotopic (exact) mass is 402 g/mol. The van der Waals surface area contributed by atoms with Gasteiger partial charge in [-0.2, -0.15) is 0 Å². The molecule has 0 bridgehead atoms. The Morgan fingerprint density at radius 2 is 1.93 bits per heavy atom. The SMILES string of the molecule is CC(=O)NCC1(CN)OC(C(C)(C)C)Cc2c1ccc1c2OC2(CCCCC2)O1. The van der Waals surface area contributed by atoms with Crippen molar-refractivity contribution in [2.45, 2.75) is 83.7 Å². The van der Waals surface area contributed by atoms with Crippen molar-refractivity contribution in [1.82, 2.24) is 5.32 Å². The van der Waals surface area contributed by atoms with Crippen molar-refractivity contribution < 1.29 is 19.0 Å². The number of fused-ring (bicyclic) bond motifs is 3. The minimum Gasteiger partial charge on any atom is -0.448 e. The van der Waals surface area contributed by atoms with Gasteiger partial charge in [-0.15, -0.1) is 0 Å². The average molecular weight is 403 g/mol. The summed E-state index contributed by atoms with van der Waals surface area (Å²) < 4.78 is 19.5. The molecule has 2 unspecified atom stereocenters. The van der Waals surface area contributed by atoms with Gasteiger partial charge >= 0.3 is 0 Å². The van der Waals surface area contributed by atoms with Crippen LogP contribution in [0.3, 0.4) is 0 Å². The first-order chi connectivity index (χ1) is 13.7. The van der Waals surface area contributed by atoms with Crippen molar-refractivity contribution in [3.63, 3.8) is 0 Å². The Hall–Kier alpha value is -1.79. The summed E-state index contributed by atoms with van der Waals surface area (Å²) >= 11 is 0. The van der Waals surface area contributed by atoms with E-state index in [1.807, 2.05) is 12.1 Å². The Balaban J connectivity index is 1.78. The van der Waals surface area contributed by atoms with E-state index in [1.165, 1.54) is 13.3 Å². The number of nitrogens with two attached hydrogens (primary N) is 1. The molecule has 3 aliphatic rings. The van der Waals surface area contributed by atoms with Gasteiger partial charge in [-0.1, -0.05) is 33.3 Å². The molecular formula is C23H34N2O4. The lowest BCUT2D eigenvalue weighted by Gasteiger charge is -2.46. The van der Waals surface area contributed by atoms with Crippen molar-refractivity contribution in [2.75, 3.05) is 13.1 Å². The predicted octanol–water partition coefficient (Wildman–Crippen LogP) is 3.40. The molecule has 0 radical (unpaired) electrons. The van der Waals surface area contributed by atoms with E-state index in [2.05, 4.69) is 26.1 Å². The number of amides is 1. The van der Waals surface area contributed by atoms with Gasteiger partial charge < -0.3 is 25.3 Å². The van der Waals surface area contributed by atoms with Gasteiger partial charge in [0, 0.05) is 38.3 Å². The molecule has 6 nitrogen and oxygen atoms in total. The standard InChI is InChI=1S/C23H34N2O4/c1-15(26)25-14-22(13-24)17-8-9-18-20(16(17)12-19(28-22)21(2,3)4)29-23(27-18)10-6-5-7-11-23/h8-9,19H,5-7,10-14,24H2,1-4H3,(H,25,26). The minimum atomic E-state index is -0.780. The molecule has 2 aliphatic heterocycles. The lowest BCUT2D eigenvalue weighted by atomic mass is 9.77. The molecule has 1 fully saturated rings. The quantitative estimate of drug-likeness (QED) is 0.810. The molecule has 160 valence electrons. The van der Waals surface area contributed by atoms with Gasteiger partial charge in [0.25, 0.3) is 5.79 Å². The Morgan fingerprint density at radius 3 is 2.55 bits per heavy atom. The summed E-state index contributed by atoms with van der Waals surface area (Å²) in [6.07, 6.45) is 6.01. The number of hydrogen-bond donors (Lipinski definition) is 2. The predicted molar refractivity (Wildman–Crippen MR) is 111 cm³/mol. The molecule has 29 heavy (non-hydrogen) atoms. The lowest BCUT2D eigenvalue weighted by molar-refractivity contribution is -0.146. The van der Waals surface area contributed by atoms with E-state index in [0.717, 1.165) is 54.7 Å². The lowest BCUT2D eigenvalue weighted by Crippen LogP contribution is -2.54. The van der Waals surface area contributed by atoms with E-state index in [9.17, 15) is 4.79 Å². The van der Waals surface area contributed by atoms with Crippen LogP contribution in [0.5, 0.6) is 11.5 Å². The summed E-state index contributed by atoms with van der Waals surface area (Å²) in [5.74, 6) is 1.06. The summed E-state index contributed by atoms with van der Waals surface area (Å²) in [7, 11) is 0. The Bertz CT molecular complexity index is 795. The highest BCUT2D eigenvalue weighted by atomic mass is 16.7. The van der Waals surface area contributed by atoms with Crippen LogP contribution in [0.4, 0.5) is 0 Å². The van der Waals surface area contributed by atoms with Crippen molar-refractivity contribution in [3.8, 4) is 11.5 Å². The maximum absolute atomic E-state index is 11.7. The molecule has 1 aliphatic carbocycles. The molecule has 1 spiro atoms. The van der Waals surface area contributed by atoms with Gasteiger partial charge in [0.1, 0.15) is 5.60 Å². The highest BCUT2D eigenvalue weighted by Crippen LogP contribution is 2.52. The highest BCUT2D eigenvalue weighted by molar-refractivity contribution is 5.73. The summed E-state index contributed by atoms with van der Waals surface area (Å²) in [5.41, 5.74) is 7.54. The molecule has 3 N–H and O–H groups in total. The van der Waals surface area contributed by atoms with Crippen LogP contribution in [-0.4, -0.2) is 30.9 Å². The molecule has 6 heteroatoms. The molecule has 2 atom stereocenters. The molecule has 4 rings (SSSR count).